The van der Waals surface area contributed by atoms with Gasteiger partial charge in [0.15, 0.2) is 0 Å². The highest BCUT2D eigenvalue weighted by Gasteiger charge is 2.02. The Hall–Kier alpha value is -0.770. The molecular weight excluding hydrogens is 134 g/mol. The summed E-state index contributed by atoms with van der Waals surface area (Å²) in [5.74, 6) is 0. The van der Waals surface area contributed by atoms with E-state index in [0.29, 0.717) is 12.8 Å². The summed E-state index contributed by atoms with van der Waals surface area (Å²) < 4.78 is 0. The van der Waals surface area contributed by atoms with Crippen molar-refractivity contribution in [1.82, 2.24) is 5.32 Å². The Morgan fingerprint density at radius 2 is 2.30 bits per heavy atom. The van der Waals surface area contributed by atoms with Crippen LogP contribution in [-0.2, 0) is 0 Å². The van der Waals surface area contributed by atoms with Crippen molar-refractivity contribution in [1.29, 1.82) is 0 Å². The zero-order valence-corrected chi connectivity index (χ0v) is 6.00. The zero-order valence-electron chi connectivity index (χ0n) is 6.00. The quantitative estimate of drug-likeness (QED) is 0.539. The van der Waals surface area contributed by atoms with Crippen LogP contribution in [-0.4, -0.2) is 29.0 Å². The van der Waals surface area contributed by atoms with Gasteiger partial charge in [-0.05, 0) is 19.8 Å². The van der Waals surface area contributed by atoms with Gasteiger partial charge in [0.2, 0.25) is 0 Å². The largest absolute Gasteiger partial charge is 0.465 e. The molecule has 0 heterocycles. The van der Waals surface area contributed by atoms with E-state index in [-0.39, 0.29) is 12.6 Å². The number of carbonyl (C=O) groups is 1. The van der Waals surface area contributed by atoms with E-state index >= 15 is 0 Å². The van der Waals surface area contributed by atoms with Gasteiger partial charge in [-0.25, -0.2) is 4.79 Å². The summed E-state index contributed by atoms with van der Waals surface area (Å²) in [4.78, 5) is 10.00. The highest BCUT2D eigenvalue weighted by molar-refractivity contribution is 5.64. The molecule has 1 unspecified atom stereocenters. The third-order valence-electron chi connectivity index (χ3n) is 1.17. The first kappa shape index (κ1) is 9.23. The Balaban J connectivity index is 3.25. The van der Waals surface area contributed by atoms with Gasteiger partial charge in [0.25, 0.3) is 0 Å². The molecule has 0 aliphatic carbocycles. The van der Waals surface area contributed by atoms with Gasteiger partial charge in [0.05, 0.1) is 0 Å². The Morgan fingerprint density at radius 1 is 1.70 bits per heavy atom. The number of carboxylic acid groups (broad SMARTS) is 1. The van der Waals surface area contributed by atoms with Gasteiger partial charge < -0.3 is 15.5 Å². The van der Waals surface area contributed by atoms with Gasteiger partial charge in [-0.1, -0.05) is 0 Å². The third-order valence-corrected chi connectivity index (χ3v) is 1.17. The molecule has 0 spiro atoms. The van der Waals surface area contributed by atoms with Crippen LogP contribution in [0.3, 0.4) is 0 Å². The van der Waals surface area contributed by atoms with Crippen molar-refractivity contribution in [2.75, 3.05) is 6.61 Å². The molecule has 0 bridgehead atoms. The summed E-state index contributed by atoms with van der Waals surface area (Å²) in [7, 11) is 0. The average Bonchev–Trinajstić information content (AvgIpc) is 1.82. The summed E-state index contributed by atoms with van der Waals surface area (Å²) in [5.41, 5.74) is 0. The molecule has 10 heavy (non-hydrogen) atoms. The molecule has 0 saturated heterocycles. The number of aliphatic hydroxyl groups is 1. The van der Waals surface area contributed by atoms with Crippen molar-refractivity contribution in [3.8, 4) is 0 Å². The first-order valence-electron chi connectivity index (χ1n) is 3.27. The number of rotatable bonds is 4. The maximum Gasteiger partial charge on any atom is 0.404 e. The van der Waals surface area contributed by atoms with Crippen molar-refractivity contribution in [2.45, 2.75) is 25.8 Å². The van der Waals surface area contributed by atoms with E-state index in [0.717, 1.165) is 0 Å². The standard InChI is InChI=1S/C6H13NO3/c1-5(3-2-4-8)7-6(9)10/h5,7-8H,2-4H2,1H3,(H,9,10). The lowest BCUT2D eigenvalue weighted by atomic mass is 10.2. The molecule has 60 valence electrons. The van der Waals surface area contributed by atoms with Crippen LogP contribution in [0.5, 0.6) is 0 Å². The first-order chi connectivity index (χ1) is 4.66. The monoisotopic (exact) mass is 147 g/mol. The molecule has 4 nitrogen and oxygen atoms in total. The molecule has 1 atom stereocenters. The highest BCUT2D eigenvalue weighted by Crippen LogP contribution is 1.93. The molecular formula is C6H13NO3. The van der Waals surface area contributed by atoms with Crippen molar-refractivity contribution in [3.63, 3.8) is 0 Å². The Labute approximate surface area is 59.9 Å². The van der Waals surface area contributed by atoms with Crippen LogP contribution in [0.15, 0.2) is 0 Å². The van der Waals surface area contributed by atoms with E-state index in [4.69, 9.17) is 10.2 Å². The summed E-state index contributed by atoms with van der Waals surface area (Å²) in [6, 6.07) is -0.0651. The second-order valence-electron chi connectivity index (χ2n) is 2.22. The zero-order chi connectivity index (χ0) is 7.98. The minimum absolute atomic E-state index is 0.0651. The highest BCUT2D eigenvalue weighted by atomic mass is 16.4. The molecule has 0 saturated carbocycles. The van der Waals surface area contributed by atoms with E-state index in [1.165, 1.54) is 0 Å². The smallest absolute Gasteiger partial charge is 0.404 e. The van der Waals surface area contributed by atoms with Gasteiger partial charge in [0.1, 0.15) is 0 Å². The Morgan fingerprint density at radius 3 is 2.70 bits per heavy atom. The van der Waals surface area contributed by atoms with Crippen LogP contribution < -0.4 is 5.32 Å². The Kier molecular flexibility index (Phi) is 4.66. The second-order valence-corrected chi connectivity index (χ2v) is 2.22. The fourth-order valence-electron chi connectivity index (χ4n) is 0.680. The molecule has 0 rings (SSSR count). The van der Waals surface area contributed by atoms with Crippen LogP contribution in [0.2, 0.25) is 0 Å². The molecule has 0 aliphatic heterocycles. The number of hydrogen-bond donors (Lipinski definition) is 3. The fraction of sp³-hybridized carbons (Fsp3) is 0.833. The normalized spacial score (nSPS) is 12.6. The Bertz CT molecular complexity index is 105. The fourth-order valence-corrected chi connectivity index (χ4v) is 0.680. The number of nitrogens with one attached hydrogen (secondary N) is 1. The summed E-state index contributed by atoms with van der Waals surface area (Å²) in [6.45, 7) is 1.88. The summed E-state index contributed by atoms with van der Waals surface area (Å²) in [6.07, 6.45) is 0.315. The van der Waals surface area contributed by atoms with Crippen molar-refractivity contribution >= 4 is 6.09 Å². The lowest BCUT2D eigenvalue weighted by molar-refractivity contribution is 0.188. The third kappa shape index (κ3) is 5.37. The van der Waals surface area contributed by atoms with E-state index < -0.39 is 6.09 Å². The number of hydrogen-bond acceptors (Lipinski definition) is 2. The van der Waals surface area contributed by atoms with Crippen molar-refractivity contribution in [2.24, 2.45) is 0 Å². The molecule has 3 N–H and O–H groups in total. The number of amides is 1. The van der Waals surface area contributed by atoms with Crippen molar-refractivity contribution < 1.29 is 15.0 Å². The van der Waals surface area contributed by atoms with Crippen LogP contribution in [0.25, 0.3) is 0 Å². The molecule has 1 amide bonds. The number of aliphatic hydroxyl groups excluding tert-OH is 1. The van der Waals surface area contributed by atoms with E-state index in [9.17, 15) is 4.79 Å². The van der Waals surface area contributed by atoms with Gasteiger partial charge in [-0.2, -0.15) is 0 Å². The maximum atomic E-state index is 10.00. The van der Waals surface area contributed by atoms with Gasteiger partial charge in [-0.3, -0.25) is 0 Å². The van der Waals surface area contributed by atoms with Crippen LogP contribution in [0, 0.1) is 0 Å². The van der Waals surface area contributed by atoms with Crippen LogP contribution >= 0.6 is 0 Å². The minimum atomic E-state index is -1.01. The van der Waals surface area contributed by atoms with Gasteiger partial charge >= 0.3 is 6.09 Å². The van der Waals surface area contributed by atoms with Gasteiger partial charge in [0, 0.05) is 12.6 Å². The molecule has 0 aromatic carbocycles. The molecule has 4 heteroatoms. The molecule has 0 aromatic heterocycles. The summed E-state index contributed by atoms with van der Waals surface area (Å²) in [5, 5.41) is 18.9. The first-order valence-corrected chi connectivity index (χ1v) is 3.27. The summed E-state index contributed by atoms with van der Waals surface area (Å²) >= 11 is 0. The van der Waals surface area contributed by atoms with Crippen LogP contribution in [0.1, 0.15) is 19.8 Å². The topological polar surface area (TPSA) is 69.6 Å². The average molecular weight is 147 g/mol. The molecule has 0 radical (unpaired) electrons. The lowest BCUT2D eigenvalue weighted by Crippen LogP contribution is -2.30. The van der Waals surface area contributed by atoms with Gasteiger partial charge in [-0.15, -0.1) is 0 Å². The van der Waals surface area contributed by atoms with E-state index in [2.05, 4.69) is 5.32 Å². The SMILES string of the molecule is CC(CCCO)NC(=O)O. The van der Waals surface area contributed by atoms with E-state index in [1.54, 1.807) is 6.92 Å². The predicted molar refractivity (Wildman–Crippen MR) is 36.9 cm³/mol. The lowest BCUT2D eigenvalue weighted by Gasteiger charge is -2.08. The van der Waals surface area contributed by atoms with Crippen molar-refractivity contribution in [3.05, 3.63) is 0 Å². The van der Waals surface area contributed by atoms with E-state index in [1.807, 2.05) is 0 Å². The van der Waals surface area contributed by atoms with Crippen LogP contribution in [0.4, 0.5) is 4.79 Å². The molecule has 0 aliphatic rings. The molecule has 0 fully saturated rings. The molecule has 0 aromatic rings. The predicted octanol–water partition coefficient (Wildman–Crippen LogP) is 0.415. The maximum absolute atomic E-state index is 10.00. The minimum Gasteiger partial charge on any atom is -0.465 e. The second kappa shape index (κ2) is 5.05.